The summed E-state index contributed by atoms with van der Waals surface area (Å²) in [6.07, 6.45) is 0. The zero-order chi connectivity index (χ0) is 13.3. The number of nitrogens with two attached hydrogens (primary N) is 1. The van der Waals surface area contributed by atoms with Crippen LogP contribution in [0.5, 0.6) is 0 Å². The number of rotatable bonds is 2. The predicted molar refractivity (Wildman–Crippen MR) is 74.2 cm³/mol. The Morgan fingerprint density at radius 2 is 1.67 bits per heavy atom. The van der Waals surface area contributed by atoms with E-state index in [9.17, 15) is 8.78 Å². The molecule has 2 aromatic carbocycles. The Kier molecular flexibility index (Phi) is 4.14. The van der Waals surface area contributed by atoms with E-state index in [0.29, 0.717) is 15.6 Å². The van der Waals surface area contributed by atoms with Crippen LogP contribution in [0, 0.1) is 11.6 Å². The maximum Gasteiger partial charge on any atom is 0.128 e. The van der Waals surface area contributed by atoms with Crippen LogP contribution in [0.1, 0.15) is 17.2 Å². The van der Waals surface area contributed by atoms with Crippen LogP contribution in [-0.4, -0.2) is 0 Å². The zero-order valence-corrected chi connectivity index (χ0v) is 12.3. The Hall–Kier alpha value is -0.780. The number of hydrogen-bond donors (Lipinski definition) is 1. The van der Waals surface area contributed by atoms with Gasteiger partial charge in [0, 0.05) is 14.5 Å². The van der Waals surface area contributed by atoms with Gasteiger partial charge in [0.1, 0.15) is 11.6 Å². The molecule has 0 spiro atoms. The molecule has 0 fully saturated rings. The topological polar surface area (TPSA) is 26.0 Å². The molecule has 2 rings (SSSR count). The van der Waals surface area contributed by atoms with Crippen molar-refractivity contribution in [3.05, 3.63) is 68.1 Å². The molecule has 2 N–H and O–H groups in total. The average molecular weight is 377 g/mol. The molecule has 0 radical (unpaired) electrons. The highest BCUT2D eigenvalue weighted by Gasteiger charge is 2.15. The second-order valence-electron chi connectivity index (χ2n) is 3.85. The van der Waals surface area contributed by atoms with Gasteiger partial charge in [-0.1, -0.05) is 31.9 Å². The minimum absolute atomic E-state index is 0.321. The van der Waals surface area contributed by atoms with E-state index in [4.69, 9.17) is 5.73 Å². The molecule has 0 aliphatic rings. The Labute approximate surface area is 120 Å². The number of benzene rings is 2. The third kappa shape index (κ3) is 2.96. The van der Waals surface area contributed by atoms with Crippen molar-refractivity contribution in [2.75, 3.05) is 0 Å². The van der Waals surface area contributed by atoms with Crippen LogP contribution in [0.2, 0.25) is 0 Å². The standard InChI is InChI=1S/C13H9Br2F2N/c14-8-1-2-12(17)11(6-8)13(18)7-3-9(15)5-10(16)4-7/h1-6,13H,18H2. The van der Waals surface area contributed by atoms with Gasteiger partial charge in [-0.15, -0.1) is 0 Å². The summed E-state index contributed by atoms with van der Waals surface area (Å²) >= 11 is 6.45. The van der Waals surface area contributed by atoms with Crippen molar-refractivity contribution in [1.82, 2.24) is 0 Å². The second kappa shape index (κ2) is 5.47. The lowest BCUT2D eigenvalue weighted by molar-refractivity contribution is 0.595. The van der Waals surface area contributed by atoms with E-state index in [1.54, 1.807) is 18.2 Å². The Bertz CT molecular complexity index is 567. The highest BCUT2D eigenvalue weighted by atomic mass is 79.9. The normalized spacial score (nSPS) is 12.5. The lowest BCUT2D eigenvalue weighted by Crippen LogP contribution is -2.14. The van der Waals surface area contributed by atoms with Gasteiger partial charge in [-0.3, -0.25) is 0 Å². The molecule has 1 nitrogen and oxygen atoms in total. The minimum atomic E-state index is -0.713. The van der Waals surface area contributed by atoms with Gasteiger partial charge in [0.25, 0.3) is 0 Å². The Morgan fingerprint density at radius 3 is 2.33 bits per heavy atom. The zero-order valence-electron chi connectivity index (χ0n) is 9.13. The van der Waals surface area contributed by atoms with Gasteiger partial charge < -0.3 is 5.73 Å². The van der Waals surface area contributed by atoms with Crippen LogP contribution in [-0.2, 0) is 0 Å². The van der Waals surface area contributed by atoms with Gasteiger partial charge in [0.15, 0.2) is 0 Å². The molecule has 1 unspecified atom stereocenters. The first kappa shape index (κ1) is 13.6. The molecular weight excluding hydrogens is 368 g/mol. The van der Waals surface area contributed by atoms with E-state index in [0.717, 1.165) is 4.47 Å². The first-order valence-corrected chi connectivity index (χ1v) is 6.72. The Balaban J connectivity index is 2.47. The first-order valence-electron chi connectivity index (χ1n) is 5.14. The van der Waals surface area contributed by atoms with Crippen molar-refractivity contribution < 1.29 is 8.78 Å². The minimum Gasteiger partial charge on any atom is -0.320 e. The summed E-state index contributed by atoms with van der Waals surface area (Å²) in [7, 11) is 0. The van der Waals surface area contributed by atoms with Crippen molar-refractivity contribution in [3.8, 4) is 0 Å². The Morgan fingerprint density at radius 1 is 0.944 bits per heavy atom. The van der Waals surface area contributed by atoms with E-state index in [1.165, 1.54) is 18.2 Å². The average Bonchev–Trinajstić information content (AvgIpc) is 2.30. The first-order chi connectivity index (χ1) is 8.47. The molecule has 5 heteroatoms. The van der Waals surface area contributed by atoms with E-state index in [-0.39, 0.29) is 0 Å². The van der Waals surface area contributed by atoms with Crippen molar-refractivity contribution in [2.24, 2.45) is 5.73 Å². The smallest absolute Gasteiger partial charge is 0.128 e. The van der Waals surface area contributed by atoms with E-state index in [2.05, 4.69) is 31.9 Å². The molecule has 0 aliphatic heterocycles. The summed E-state index contributed by atoms with van der Waals surface area (Å²) in [6, 6.07) is 8.10. The van der Waals surface area contributed by atoms with E-state index in [1.807, 2.05) is 0 Å². The third-order valence-corrected chi connectivity index (χ3v) is 3.49. The summed E-state index contributed by atoms with van der Waals surface area (Å²) in [4.78, 5) is 0. The van der Waals surface area contributed by atoms with Gasteiger partial charge in [-0.05, 0) is 42.0 Å². The molecule has 0 heterocycles. The predicted octanol–water partition coefficient (Wildman–Crippen LogP) is 4.54. The van der Waals surface area contributed by atoms with Crippen LogP contribution >= 0.6 is 31.9 Å². The van der Waals surface area contributed by atoms with Gasteiger partial charge in [-0.2, -0.15) is 0 Å². The van der Waals surface area contributed by atoms with Gasteiger partial charge in [-0.25, -0.2) is 8.78 Å². The fourth-order valence-electron chi connectivity index (χ4n) is 1.69. The molecule has 0 amide bonds. The summed E-state index contributed by atoms with van der Waals surface area (Å²) in [6.45, 7) is 0. The SMILES string of the molecule is NC(c1cc(F)cc(Br)c1)c1cc(Br)ccc1F. The quantitative estimate of drug-likeness (QED) is 0.818. The molecule has 0 aliphatic carbocycles. The lowest BCUT2D eigenvalue weighted by Gasteiger charge is -2.14. The molecular formula is C13H9Br2F2N. The highest BCUT2D eigenvalue weighted by Crippen LogP contribution is 2.27. The summed E-state index contributed by atoms with van der Waals surface area (Å²) < 4.78 is 28.3. The van der Waals surface area contributed by atoms with Crippen LogP contribution in [0.25, 0.3) is 0 Å². The van der Waals surface area contributed by atoms with Crippen molar-refractivity contribution in [2.45, 2.75) is 6.04 Å². The van der Waals surface area contributed by atoms with Crippen LogP contribution < -0.4 is 5.73 Å². The van der Waals surface area contributed by atoms with E-state index < -0.39 is 17.7 Å². The fourth-order valence-corrected chi connectivity index (χ4v) is 2.55. The van der Waals surface area contributed by atoms with Crippen molar-refractivity contribution in [3.63, 3.8) is 0 Å². The number of halogens is 4. The van der Waals surface area contributed by atoms with Crippen LogP contribution in [0.4, 0.5) is 8.78 Å². The maximum atomic E-state index is 13.7. The lowest BCUT2D eigenvalue weighted by atomic mass is 9.99. The molecule has 0 aromatic heterocycles. The van der Waals surface area contributed by atoms with Gasteiger partial charge >= 0.3 is 0 Å². The highest BCUT2D eigenvalue weighted by molar-refractivity contribution is 9.10. The van der Waals surface area contributed by atoms with Gasteiger partial charge in [0.05, 0.1) is 6.04 Å². The molecule has 0 bridgehead atoms. The molecule has 0 saturated carbocycles. The molecule has 0 saturated heterocycles. The van der Waals surface area contributed by atoms with Crippen molar-refractivity contribution in [1.29, 1.82) is 0 Å². The molecule has 94 valence electrons. The summed E-state index contributed by atoms with van der Waals surface area (Å²) in [5.74, 6) is -0.823. The molecule has 2 aromatic rings. The maximum absolute atomic E-state index is 13.7. The molecule has 18 heavy (non-hydrogen) atoms. The third-order valence-electron chi connectivity index (χ3n) is 2.54. The summed E-state index contributed by atoms with van der Waals surface area (Å²) in [5.41, 5.74) is 6.81. The molecule has 1 atom stereocenters. The van der Waals surface area contributed by atoms with Gasteiger partial charge in [0.2, 0.25) is 0 Å². The van der Waals surface area contributed by atoms with Crippen LogP contribution in [0.3, 0.4) is 0 Å². The second-order valence-corrected chi connectivity index (χ2v) is 5.68. The fraction of sp³-hybridized carbons (Fsp3) is 0.0769. The monoisotopic (exact) mass is 375 g/mol. The largest absolute Gasteiger partial charge is 0.320 e. The summed E-state index contributed by atoms with van der Waals surface area (Å²) in [5, 5.41) is 0. The van der Waals surface area contributed by atoms with E-state index >= 15 is 0 Å². The van der Waals surface area contributed by atoms with Crippen molar-refractivity contribution >= 4 is 31.9 Å². The number of hydrogen-bond acceptors (Lipinski definition) is 1. The van der Waals surface area contributed by atoms with Crippen LogP contribution in [0.15, 0.2) is 45.3 Å².